The van der Waals surface area contributed by atoms with Gasteiger partial charge in [-0.25, -0.2) is 0 Å². The highest BCUT2D eigenvalue weighted by Crippen LogP contribution is 2.43. The van der Waals surface area contributed by atoms with Gasteiger partial charge in [0.1, 0.15) is 0 Å². The number of pyridine rings is 2. The molecular formula is C49H36N2. The molecule has 242 valence electrons. The first-order chi connectivity index (χ1) is 25.2. The Labute approximate surface area is 299 Å². The maximum absolute atomic E-state index is 5.09. The van der Waals surface area contributed by atoms with Crippen molar-refractivity contribution in [2.75, 3.05) is 0 Å². The number of hydrogen-bond donors (Lipinski definition) is 0. The SMILES string of the molecule is C=C(/C=C\C(=C/C)c1ccccc1)c1c2ccccc2c(-c2ccc(-c3ccccc3)cn2)c2cc(-c3ccc(-c4ccccc4)cn3)ccc12. The summed E-state index contributed by atoms with van der Waals surface area (Å²) in [5, 5.41) is 4.51. The molecular weight excluding hydrogens is 617 g/mol. The molecule has 2 heteroatoms. The predicted molar refractivity (Wildman–Crippen MR) is 217 cm³/mol. The second-order valence-corrected chi connectivity index (χ2v) is 12.6. The summed E-state index contributed by atoms with van der Waals surface area (Å²) in [7, 11) is 0. The van der Waals surface area contributed by atoms with E-state index < -0.39 is 0 Å². The van der Waals surface area contributed by atoms with Gasteiger partial charge in [-0.2, -0.15) is 0 Å². The van der Waals surface area contributed by atoms with E-state index >= 15 is 0 Å². The highest BCUT2D eigenvalue weighted by atomic mass is 14.7. The van der Waals surface area contributed by atoms with Gasteiger partial charge in [0.15, 0.2) is 0 Å². The molecule has 0 saturated carbocycles. The number of rotatable bonds is 8. The van der Waals surface area contributed by atoms with Crippen molar-refractivity contribution in [1.82, 2.24) is 9.97 Å². The van der Waals surface area contributed by atoms with Crippen LogP contribution in [0.15, 0.2) is 195 Å². The molecule has 0 aliphatic heterocycles. The Hall–Kier alpha value is -6.64. The van der Waals surface area contributed by atoms with Gasteiger partial charge in [0, 0.05) is 34.6 Å². The van der Waals surface area contributed by atoms with Crippen molar-refractivity contribution in [2.24, 2.45) is 0 Å². The van der Waals surface area contributed by atoms with Crippen LogP contribution in [0.2, 0.25) is 0 Å². The molecule has 2 aromatic heterocycles. The molecule has 0 unspecified atom stereocenters. The van der Waals surface area contributed by atoms with E-state index in [1.54, 1.807) is 0 Å². The number of fused-ring (bicyclic) bond motifs is 2. The quantitative estimate of drug-likeness (QED) is 0.121. The van der Waals surface area contributed by atoms with E-state index in [4.69, 9.17) is 9.97 Å². The molecule has 0 N–H and O–H groups in total. The number of allylic oxidation sites excluding steroid dienone is 5. The lowest BCUT2D eigenvalue weighted by atomic mass is 9.86. The van der Waals surface area contributed by atoms with Gasteiger partial charge in [0.25, 0.3) is 0 Å². The lowest BCUT2D eigenvalue weighted by Crippen LogP contribution is -1.95. The fraction of sp³-hybridized carbons (Fsp3) is 0.0204. The summed E-state index contributed by atoms with van der Waals surface area (Å²) in [6.45, 7) is 6.73. The van der Waals surface area contributed by atoms with Crippen molar-refractivity contribution >= 4 is 32.7 Å². The predicted octanol–water partition coefficient (Wildman–Crippen LogP) is 13.1. The Morgan fingerprint density at radius 2 is 1.00 bits per heavy atom. The van der Waals surface area contributed by atoms with Crippen LogP contribution in [0.4, 0.5) is 0 Å². The summed E-state index contributed by atoms with van der Waals surface area (Å²) in [5.74, 6) is 0. The van der Waals surface area contributed by atoms with E-state index in [2.05, 4.69) is 171 Å². The van der Waals surface area contributed by atoms with Gasteiger partial charge in [-0.3, -0.25) is 9.97 Å². The molecule has 2 nitrogen and oxygen atoms in total. The highest BCUT2D eigenvalue weighted by Gasteiger charge is 2.18. The summed E-state index contributed by atoms with van der Waals surface area (Å²) < 4.78 is 0. The fourth-order valence-electron chi connectivity index (χ4n) is 6.93. The van der Waals surface area contributed by atoms with Gasteiger partial charge < -0.3 is 0 Å². The van der Waals surface area contributed by atoms with Crippen molar-refractivity contribution in [2.45, 2.75) is 6.92 Å². The number of benzene rings is 6. The van der Waals surface area contributed by atoms with Gasteiger partial charge in [0.05, 0.1) is 11.4 Å². The van der Waals surface area contributed by atoms with E-state index in [1.807, 2.05) is 30.6 Å². The first-order valence-electron chi connectivity index (χ1n) is 17.3. The molecule has 2 heterocycles. The topological polar surface area (TPSA) is 25.8 Å². The van der Waals surface area contributed by atoms with Crippen LogP contribution in [-0.2, 0) is 0 Å². The van der Waals surface area contributed by atoms with Crippen molar-refractivity contribution in [1.29, 1.82) is 0 Å². The molecule has 0 amide bonds. The zero-order chi connectivity index (χ0) is 34.6. The average Bonchev–Trinajstić information content (AvgIpc) is 3.21. The largest absolute Gasteiger partial charge is 0.256 e. The molecule has 0 radical (unpaired) electrons. The van der Waals surface area contributed by atoms with Crippen LogP contribution in [0.1, 0.15) is 18.1 Å². The van der Waals surface area contributed by atoms with Crippen LogP contribution in [0.5, 0.6) is 0 Å². The molecule has 0 aliphatic carbocycles. The Bertz CT molecular complexity index is 2550. The third kappa shape index (κ3) is 6.32. The van der Waals surface area contributed by atoms with Crippen LogP contribution >= 0.6 is 0 Å². The summed E-state index contributed by atoms with van der Waals surface area (Å²) in [6.07, 6.45) is 10.4. The van der Waals surface area contributed by atoms with Gasteiger partial charge in [-0.1, -0.05) is 164 Å². The van der Waals surface area contributed by atoms with Gasteiger partial charge >= 0.3 is 0 Å². The molecule has 0 spiro atoms. The summed E-state index contributed by atoms with van der Waals surface area (Å²) >= 11 is 0. The first kappa shape index (κ1) is 31.6. The third-order valence-electron chi connectivity index (χ3n) is 9.52. The monoisotopic (exact) mass is 652 g/mol. The lowest BCUT2D eigenvalue weighted by Gasteiger charge is -2.18. The molecule has 8 rings (SSSR count). The van der Waals surface area contributed by atoms with E-state index in [9.17, 15) is 0 Å². The highest BCUT2D eigenvalue weighted by molar-refractivity contribution is 6.19. The Balaban J connectivity index is 1.31. The molecule has 0 bridgehead atoms. The van der Waals surface area contributed by atoms with Crippen LogP contribution in [0, 0.1) is 0 Å². The molecule has 0 atom stereocenters. The number of aromatic nitrogens is 2. The smallest absolute Gasteiger partial charge is 0.0714 e. The average molecular weight is 653 g/mol. The Morgan fingerprint density at radius 3 is 1.59 bits per heavy atom. The molecule has 0 aliphatic rings. The molecule has 51 heavy (non-hydrogen) atoms. The maximum Gasteiger partial charge on any atom is 0.0714 e. The van der Waals surface area contributed by atoms with Gasteiger partial charge in [-0.15, -0.1) is 0 Å². The minimum atomic E-state index is 0.920. The molecule has 0 fully saturated rings. The van der Waals surface area contributed by atoms with E-state index in [1.165, 1.54) is 5.56 Å². The summed E-state index contributed by atoms with van der Waals surface area (Å²) in [4.78, 5) is 10.0. The summed E-state index contributed by atoms with van der Waals surface area (Å²) in [5.41, 5.74) is 12.9. The van der Waals surface area contributed by atoms with E-state index in [0.717, 1.165) is 83.0 Å². The van der Waals surface area contributed by atoms with Crippen LogP contribution in [0.25, 0.3) is 77.5 Å². The molecule has 0 saturated heterocycles. The Morgan fingerprint density at radius 1 is 0.471 bits per heavy atom. The number of nitrogens with zero attached hydrogens (tertiary/aromatic N) is 2. The maximum atomic E-state index is 5.09. The fourth-order valence-corrected chi connectivity index (χ4v) is 6.93. The standard InChI is InChI=1S/C49H36N2/c1-3-35(36-15-7-4-8-16-36)24-23-34(2)48-42-21-13-14-22-43(42)49(47-30-27-41(33-51-47)38-19-11-6-12-20-38)45-31-39(25-28-44(45)48)46-29-26-40(32-50-46)37-17-9-5-10-18-37/h3-33H,2H2,1H3/b24-23-,35-3+. The molecule has 6 aromatic carbocycles. The number of hydrogen-bond acceptors (Lipinski definition) is 2. The van der Waals surface area contributed by atoms with Crippen molar-refractivity contribution in [3.05, 3.63) is 206 Å². The van der Waals surface area contributed by atoms with Crippen molar-refractivity contribution in [3.8, 4) is 44.8 Å². The van der Waals surface area contributed by atoms with Gasteiger partial charge in [-0.05, 0) is 80.1 Å². The minimum absolute atomic E-state index is 0.920. The van der Waals surface area contributed by atoms with Crippen LogP contribution < -0.4 is 0 Å². The minimum Gasteiger partial charge on any atom is -0.256 e. The van der Waals surface area contributed by atoms with E-state index in [-0.39, 0.29) is 0 Å². The van der Waals surface area contributed by atoms with Crippen molar-refractivity contribution in [3.63, 3.8) is 0 Å². The summed E-state index contributed by atoms with van der Waals surface area (Å²) in [6, 6.07) is 55.1. The second kappa shape index (κ2) is 14.1. The second-order valence-electron chi connectivity index (χ2n) is 12.6. The zero-order valence-corrected chi connectivity index (χ0v) is 28.5. The van der Waals surface area contributed by atoms with Gasteiger partial charge in [0.2, 0.25) is 0 Å². The first-order valence-corrected chi connectivity index (χ1v) is 17.3. The third-order valence-corrected chi connectivity index (χ3v) is 9.52. The molecule has 8 aromatic rings. The van der Waals surface area contributed by atoms with Crippen LogP contribution in [-0.4, -0.2) is 9.97 Å². The zero-order valence-electron chi connectivity index (χ0n) is 28.5. The normalized spacial score (nSPS) is 11.7. The van der Waals surface area contributed by atoms with Crippen molar-refractivity contribution < 1.29 is 0 Å². The van der Waals surface area contributed by atoms with Crippen LogP contribution in [0.3, 0.4) is 0 Å². The lowest BCUT2D eigenvalue weighted by molar-refractivity contribution is 1.32. The van der Waals surface area contributed by atoms with E-state index in [0.29, 0.717) is 0 Å². The Kier molecular flexibility index (Phi) is 8.72.